The van der Waals surface area contributed by atoms with Gasteiger partial charge < -0.3 is 5.32 Å². The number of nitrogens with one attached hydrogen (secondary N) is 1. The van der Waals surface area contributed by atoms with E-state index in [1.807, 2.05) is 11.6 Å². The highest BCUT2D eigenvalue weighted by Gasteiger charge is 2.11. The first kappa shape index (κ1) is 14.5. The average Bonchev–Trinajstić information content (AvgIpc) is 2.55. The molecule has 0 saturated carbocycles. The number of halogens is 1. The van der Waals surface area contributed by atoms with Crippen LogP contribution in [0.3, 0.4) is 0 Å². The second kappa shape index (κ2) is 7.02. The first-order valence-corrected chi connectivity index (χ1v) is 6.89. The van der Waals surface area contributed by atoms with Crippen molar-refractivity contribution in [3.8, 4) is 0 Å². The molecule has 1 heterocycles. The number of nitrogens with zero attached hydrogens (tertiary/aromatic N) is 2. The van der Waals surface area contributed by atoms with Crippen molar-refractivity contribution < 1.29 is 0 Å². The van der Waals surface area contributed by atoms with Crippen molar-refractivity contribution in [3.63, 3.8) is 0 Å². The summed E-state index contributed by atoms with van der Waals surface area (Å²) in [6, 6.07) is 0.571. The van der Waals surface area contributed by atoms with Crippen molar-refractivity contribution in [1.29, 1.82) is 0 Å². The molecule has 1 N–H and O–H groups in total. The minimum absolute atomic E-state index is 0.571. The highest BCUT2D eigenvalue weighted by Crippen LogP contribution is 2.21. The molecule has 0 radical (unpaired) electrons. The lowest BCUT2D eigenvalue weighted by atomic mass is 10.2. The number of aromatic nitrogens is 2. The second-order valence-electron chi connectivity index (χ2n) is 4.73. The minimum atomic E-state index is 0.571. The van der Waals surface area contributed by atoms with Gasteiger partial charge >= 0.3 is 0 Å². The SMILES string of the molecule is CCn1nc(C)c(Cl)c1CCCCNC(C)C. The van der Waals surface area contributed by atoms with Gasteiger partial charge in [0.1, 0.15) is 0 Å². The van der Waals surface area contributed by atoms with Gasteiger partial charge in [-0.3, -0.25) is 4.68 Å². The first-order valence-electron chi connectivity index (χ1n) is 6.51. The van der Waals surface area contributed by atoms with Crippen LogP contribution in [0.4, 0.5) is 0 Å². The molecule has 0 aliphatic heterocycles. The molecule has 0 amide bonds. The predicted octanol–water partition coefficient (Wildman–Crippen LogP) is 3.19. The van der Waals surface area contributed by atoms with Crippen molar-refractivity contribution in [1.82, 2.24) is 15.1 Å². The Morgan fingerprint density at radius 1 is 1.35 bits per heavy atom. The van der Waals surface area contributed by atoms with E-state index < -0.39 is 0 Å². The molecule has 1 aromatic heterocycles. The van der Waals surface area contributed by atoms with Gasteiger partial charge in [0.05, 0.1) is 16.4 Å². The number of hydrogen-bond acceptors (Lipinski definition) is 2. The van der Waals surface area contributed by atoms with Crippen LogP contribution in [0.2, 0.25) is 5.02 Å². The molecule has 1 rings (SSSR count). The third-order valence-corrected chi connectivity index (χ3v) is 3.34. The summed E-state index contributed by atoms with van der Waals surface area (Å²) < 4.78 is 2.02. The highest BCUT2D eigenvalue weighted by atomic mass is 35.5. The van der Waals surface area contributed by atoms with E-state index >= 15 is 0 Å². The van der Waals surface area contributed by atoms with Crippen LogP contribution in [0.25, 0.3) is 0 Å². The Morgan fingerprint density at radius 2 is 2.06 bits per heavy atom. The Hall–Kier alpha value is -0.540. The smallest absolute Gasteiger partial charge is 0.0847 e. The van der Waals surface area contributed by atoms with Crippen molar-refractivity contribution >= 4 is 11.6 Å². The highest BCUT2D eigenvalue weighted by molar-refractivity contribution is 6.31. The molecule has 0 aliphatic rings. The van der Waals surface area contributed by atoms with Crippen LogP contribution in [-0.4, -0.2) is 22.4 Å². The molecule has 0 saturated heterocycles. The van der Waals surface area contributed by atoms with Gasteiger partial charge in [0.2, 0.25) is 0 Å². The van der Waals surface area contributed by atoms with Gasteiger partial charge in [-0.05, 0) is 39.7 Å². The lowest BCUT2D eigenvalue weighted by molar-refractivity contribution is 0.545. The third-order valence-electron chi connectivity index (χ3n) is 2.85. The van der Waals surface area contributed by atoms with Crippen molar-refractivity contribution in [2.24, 2.45) is 0 Å². The van der Waals surface area contributed by atoms with Crippen molar-refractivity contribution in [3.05, 3.63) is 16.4 Å². The normalized spacial score (nSPS) is 11.4. The van der Waals surface area contributed by atoms with Gasteiger partial charge in [0.25, 0.3) is 0 Å². The molecule has 0 spiro atoms. The van der Waals surface area contributed by atoms with Crippen molar-refractivity contribution in [2.75, 3.05) is 6.54 Å². The summed E-state index contributed by atoms with van der Waals surface area (Å²) in [5, 5.41) is 8.70. The lowest BCUT2D eigenvalue weighted by Gasteiger charge is -2.08. The van der Waals surface area contributed by atoms with E-state index in [0.717, 1.165) is 36.6 Å². The molecule has 1 aromatic rings. The number of hydrogen-bond donors (Lipinski definition) is 1. The molecule has 0 bridgehead atoms. The topological polar surface area (TPSA) is 29.9 Å². The third kappa shape index (κ3) is 4.32. The maximum absolute atomic E-state index is 6.26. The fourth-order valence-corrected chi connectivity index (χ4v) is 2.15. The maximum atomic E-state index is 6.26. The molecule has 0 unspecified atom stereocenters. The Kier molecular flexibility index (Phi) is 6.00. The zero-order valence-electron chi connectivity index (χ0n) is 11.4. The summed E-state index contributed by atoms with van der Waals surface area (Å²) in [4.78, 5) is 0. The van der Waals surface area contributed by atoms with E-state index in [-0.39, 0.29) is 0 Å². The summed E-state index contributed by atoms with van der Waals surface area (Å²) in [6.45, 7) is 10.4. The molecule has 0 aromatic carbocycles. The van der Waals surface area contributed by atoms with Crippen LogP contribution >= 0.6 is 11.6 Å². The van der Waals surface area contributed by atoms with Crippen LogP contribution in [-0.2, 0) is 13.0 Å². The van der Waals surface area contributed by atoms with Gasteiger partial charge in [0.15, 0.2) is 0 Å². The lowest BCUT2D eigenvalue weighted by Crippen LogP contribution is -2.23. The van der Waals surface area contributed by atoms with E-state index in [2.05, 4.69) is 31.2 Å². The molecule has 3 nitrogen and oxygen atoms in total. The predicted molar refractivity (Wildman–Crippen MR) is 73.7 cm³/mol. The summed E-state index contributed by atoms with van der Waals surface area (Å²) in [5.74, 6) is 0. The first-order chi connectivity index (χ1) is 8.06. The zero-order chi connectivity index (χ0) is 12.8. The van der Waals surface area contributed by atoms with Crippen LogP contribution in [0.1, 0.15) is 45.0 Å². The largest absolute Gasteiger partial charge is 0.315 e. The van der Waals surface area contributed by atoms with E-state index in [0.29, 0.717) is 6.04 Å². The number of rotatable bonds is 7. The zero-order valence-corrected chi connectivity index (χ0v) is 12.1. The standard InChI is InChI=1S/C13H24ClN3/c1-5-17-12(13(14)11(4)16-17)8-6-7-9-15-10(2)3/h10,15H,5-9H2,1-4H3. The van der Waals surface area contributed by atoms with Crippen LogP contribution < -0.4 is 5.32 Å². The van der Waals surface area contributed by atoms with Crippen LogP contribution in [0.15, 0.2) is 0 Å². The molecular weight excluding hydrogens is 234 g/mol. The summed E-state index contributed by atoms with van der Waals surface area (Å²) in [5.41, 5.74) is 2.14. The van der Waals surface area contributed by atoms with Gasteiger partial charge in [0, 0.05) is 12.6 Å². The van der Waals surface area contributed by atoms with E-state index in [4.69, 9.17) is 11.6 Å². The molecule has 0 atom stereocenters. The monoisotopic (exact) mass is 257 g/mol. The maximum Gasteiger partial charge on any atom is 0.0847 e. The van der Waals surface area contributed by atoms with Gasteiger partial charge in [-0.25, -0.2) is 0 Å². The molecule has 4 heteroatoms. The Bertz CT molecular complexity index is 345. The molecular formula is C13H24ClN3. The molecule has 17 heavy (non-hydrogen) atoms. The summed E-state index contributed by atoms with van der Waals surface area (Å²) >= 11 is 6.26. The van der Waals surface area contributed by atoms with Crippen LogP contribution in [0.5, 0.6) is 0 Å². The van der Waals surface area contributed by atoms with E-state index in [1.54, 1.807) is 0 Å². The Balaban J connectivity index is 2.41. The fourth-order valence-electron chi connectivity index (χ4n) is 1.92. The van der Waals surface area contributed by atoms with Gasteiger partial charge in [-0.15, -0.1) is 0 Å². The van der Waals surface area contributed by atoms with Gasteiger partial charge in [-0.2, -0.15) is 5.10 Å². The average molecular weight is 258 g/mol. The quantitative estimate of drug-likeness (QED) is 0.761. The number of aryl methyl sites for hydroxylation is 2. The fraction of sp³-hybridized carbons (Fsp3) is 0.769. The number of unbranched alkanes of at least 4 members (excludes halogenated alkanes) is 1. The summed E-state index contributed by atoms with van der Waals surface area (Å²) in [6.07, 6.45) is 3.36. The van der Waals surface area contributed by atoms with E-state index in [9.17, 15) is 0 Å². The minimum Gasteiger partial charge on any atom is -0.315 e. The van der Waals surface area contributed by atoms with Crippen LogP contribution in [0, 0.1) is 6.92 Å². The van der Waals surface area contributed by atoms with E-state index in [1.165, 1.54) is 12.1 Å². The van der Waals surface area contributed by atoms with Crippen molar-refractivity contribution in [2.45, 2.75) is 59.5 Å². The molecule has 0 fully saturated rings. The summed E-state index contributed by atoms with van der Waals surface area (Å²) in [7, 11) is 0. The molecule has 98 valence electrons. The Morgan fingerprint density at radius 3 is 2.65 bits per heavy atom. The second-order valence-corrected chi connectivity index (χ2v) is 5.11. The Labute approximate surface area is 110 Å². The molecule has 0 aliphatic carbocycles. The van der Waals surface area contributed by atoms with Gasteiger partial charge in [-0.1, -0.05) is 25.4 Å².